The Hall–Kier alpha value is -1.66. The Kier molecular flexibility index (Phi) is 8.80. The van der Waals surface area contributed by atoms with Crippen LogP contribution in [0.5, 0.6) is 5.75 Å². The van der Waals surface area contributed by atoms with Crippen molar-refractivity contribution in [3.05, 3.63) is 59.2 Å². The van der Waals surface area contributed by atoms with Gasteiger partial charge in [0.1, 0.15) is 5.75 Å². The van der Waals surface area contributed by atoms with Gasteiger partial charge in [0, 0.05) is 33.6 Å². The molecule has 0 aliphatic carbocycles. The summed E-state index contributed by atoms with van der Waals surface area (Å²) in [5.74, 6) is 1.85. The molecule has 0 spiro atoms. The van der Waals surface area contributed by atoms with Gasteiger partial charge in [-0.15, -0.1) is 0 Å². The first-order chi connectivity index (χ1) is 15.7. The van der Waals surface area contributed by atoms with Gasteiger partial charge in [-0.05, 0) is 125 Å². The Labute approximate surface area is 201 Å². The second-order valence-electron chi connectivity index (χ2n) is 8.81. The molecule has 1 aliphatic heterocycles. The van der Waals surface area contributed by atoms with Crippen molar-refractivity contribution in [2.75, 3.05) is 33.3 Å². The van der Waals surface area contributed by atoms with E-state index in [9.17, 15) is 0 Å². The third-order valence-corrected chi connectivity index (χ3v) is 7.42. The van der Waals surface area contributed by atoms with E-state index in [-0.39, 0.29) is 0 Å². The number of H-pyrrole nitrogens is 1. The Morgan fingerprint density at radius 2 is 1.94 bits per heavy atom. The van der Waals surface area contributed by atoms with Gasteiger partial charge in [0.25, 0.3) is 0 Å². The molecule has 172 valence electrons. The van der Waals surface area contributed by atoms with E-state index in [4.69, 9.17) is 16.3 Å². The van der Waals surface area contributed by atoms with Crippen molar-refractivity contribution in [3.8, 4) is 5.75 Å². The van der Waals surface area contributed by atoms with E-state index >= 15 is 0 Å². The van der Waals surface area contributed by atoms with Crippen molar-refractivity contribution in [3.63, 3.8) is 0 Å². The monoisotopic (exact) mass is 471 g/mol. The maximum absolute atomic E-state index is 6.14. The van der Waals surface area contributed by atoms with Gasteiger partial charge in [0.15, 0.2) is 0 Å². The van der Waals surface area contributed by atoms with E-state index in [0.29, 0.717) is 0 Å². The number of halogens is 1. The number of aromatic amines is 1. The molecule has 2 aromatic carbocycles. The molecule has 1 fully saturated rings. The fourth-order valence-electron chi connectivity index (χ4n) is 4.36. The summed E-state index contributed by atoms with van der Waals surface area (Å²) < 4.78 is 9.42. The van der Waals surface area contributed by atoms with Gasteiger partial charge in [0.2, 0.25) is 0 Å². The zero-order chi connectivity index (χ0) is 22.2. The Morgan fingerprint density at radius 1 is 1.12 bits per heavy atom. The number of fused-ring (bicyclic) bond motifs is 1. The summed E-state index contributed by atoms with van der Waals surface area (Å²) in [6.45, 7) is 4.26. The van der Waals surface area contributed by atoms with E-state index < -0.39 is 0 Å². The highest BCUT2D eigenvalue weighted by Crippen LogP contribution is 2.24. The summed E-state index contributed by atoms with van der Waals surface area (Å²) in [7, 11) is 2.22. The number of ether oxygens (including phenoxy) is 1. The van der Waals surface area contributed by atoms with Crippen molar-refractivity contribution in [2.24, 2.45) is 5.92 Å². The van der Waals surface area contributed by atoms with E-state index in [1.807, 2.05) is 18.2 Å². The molecule has 4 rings (SSSR count). The number of aromatic nitrogens is 1. The summed E-state index contributed by atoms with van der Waals surface area (Å²) in [5, 5.41) is 2.02. The molecule has 0 amide bonds. The molecule has 6 heteroatoms. The zero-order valence-electron chi connectivity index (χ0n) is 18.9. The maximum Gasteiger partial charge on any atom is 0.119 e. The SMILES string of the molecule is CN1CCC(CCCOc2ccc(SNCCCc3c[nH]c4ccc(Cl)cc34)cc2)CC1. The standard InChI is InChI=1S/C26H34ClN3OS/c1-30-15-12-20(13-16-30)4-3-17-31-23-7-9-24(10-8-23)32-29-14-2-5-21-19-28-26-11-6-22(27)18-25(21)26/h6-11,18-20,28-29H,2-5,12-17H2,1H3. The Balaban J connectivity index is 1.10. The molecule has 0 atom stereocenters. The summed E-state index contributed by atoms with van der Waals surface area (Å²) in [6, 6.07) is 14.4. The highest BCUT2D eigenvalue weighted by atomic mass is 35.5. The van der Waals surface area contributed by atoms with E-state index in [1.165, 1.54) is 48.2 Å². The molecule has 2 N–H and O–H groups in total. The Morgan fingerprint density at radius 3 is 2.75 bits per heavy atom. The third kappa shape index (κ3) is 6.92. The average Bonchev–Trinajstić information content (AvgIpc) is 3.20. The maximum atomic E-state index is 6.14. The van der Waals surface area contributed by atoms with Gasteiger partial charge in [-0.1, -0.05) is 11.6 Å². The first-order valence-electron chi connectivity index (χ1n) is 11.7. The summed E-state index contributed by atoms with van der Waals surface area (Å²) in [5.41, 5.74) is 2.47. The summed E-state index contributed by atoms with van der Waals surface area (Å²) >= 11 is 7.82. The molecule has 3 aromatic rings. The van der Waals surface area contributed by atoms with Crippen LogP contribution in [0.2, 0.25) is 5.02 Å². The number of rotatable bonds is 11. The highest BCUT2D eigenvalue weighted by Gasteiger charge is 2.15. The second kappa shape index (κ2) is 12.0. The lowest BCUT2D eigenvalue weighted by Crippen LogP contribution is -2.30. The van der Waals surface area contributed by atoms with Crippen molar-refractivity contribution < 1.29 is 4.74 Å². The van der Waals surface area contributed by atoms with Crippen LogP contribution in [0.4, 0.5) is 0 Å². The second-order valence-corrected chi connectivity index (χ2v) is 10.2. The van der Waals surface area contributed by atoms with Gasteiger partial charge in [-0.25, -0.2) is 0 Å². The lowest BCUT2D eigenvalue weighted by Gasteiger charge is -2.28. The molecule has 1 aromatic heterocycles. The number of hydrogen-bond acceptors (Lipinski definition) is 4. The number of nitrogens with one attached hydrogen (secondary N) is 2. The number of benzene rings is 2. The van der Waals surface area contributed by atoms with Crippen LogP contribution in [-0.2, 0) is 6.42 Å². The molecular weight excluding hydrogens is 438 g/mol. The lowest BCUT2D eigenvalue weighted by atomic mass is 9.93. The fourth-order valence-corrected chi connectivity index (χ4v) is 5.22. The molecule has 4 nitrogen and oxygen atoms in total. The zero-order valence-corrected chi connectivity index (χ0v) is 20.5. The topological polar surface area (TPSA) is 40.3 Å². The normalized spacial score (nSPS) is 15.4. The average molecular weight is 472 g/mol. The van der Waals surface area contributed by atoms with Gasteiger partial charge in [-0.2, -0.15) is 0 Å². The number of piperidine rings is 1. The van der Waals surface area contributed by atoms with Crippen LogP contribution in [0.3, 0.4) is 0 Å². The first-order valence-corrected chi connectivity index (χ1v) is 12.9. The van der Waals surface area contributed by atoms with Crippen LogP contribution in [0.25, 0.3) is 10.9 Å². The molecule has 0 unspecified atom stereocenters. The van der Waals surface area contributed by atoms with E-state index in [1.54, 1.807) is 11.9 Å². The quantitative estimate of drug-likeness (QED) is 0.245. The number of hydrogen-bond donors (Lipinski definition) is 2. The van der Waals surface area contributed by atoms with Crippen LogP contribution in [-0.4, -0.2) is 43.2 Å². The van der Waals surface area contributed by atoms with E-state index in [0.717, 1.165) is 54.6 Å². The van der Waals surface area contributed by atoms with Gasteiger partial charge in [0.05, 0.1) is 6.61 Å². The molecule has 32 heavy (non-hydrogen) atoms. The smallest absolute Gasteiger partial charge is 0.119 e. The molecule has 1 aliphatic rings. The molecule has 0 saturated carbocycles. The molecule has 0 bridgehead atoms. The largest absolute Gasteiger partial charge is 0.494 e. The lowest BCUT2D eigenvalue weighted by molar-refractivity contribution is 0.200. The number of nitrogens with zero attached hydrogens (tertiary/aromatic N) is 1. The van der Waals surface area contributed by atoms with Gasteiger partial charge in [-0.3, -0.25) is 4.72 Å². The summed E-state index contributed by atoms with van der Waals surface area (Å²) in [4.78, 5) is 6.97. The molecule has 0 radical (unpaired) electrons. The Bertz CT molecular complexity index is 967. The summed E-state index contributed by atoms with van der Waals surface area (Å²) in [6.07, 6.45) is 9.31. The number of likely N-dealkylation sites (tertiary alicyclic amines) is 1. The van der Waals surface area contributed by atoms with Crippen molar-refractivity contribution in [1.29, 1.82) is 0 Å². The van der Waals surface area contributed by atoms with E-state index in [2.05, 4.69) is 52.1 Å². The van der Waals surface area contributed by atoms with Crippen molar-refractivity contribution in [2.45, 2.75) is 43.4 Å². The van der Waals surface area contributed by atoms with Crippen LogP contribution in [0.15, 0.2) is 53.6 Å². The fraction of sp³-hybridized carbons (Fsp3) is 0.462. The first kappa shape index (κ1) is 23.5. The molecule has 1 saturated heterocycles. The van der Waals surface area contributed by atoms with Crippen LogP contribution >= 0.6 is 23.5 Å². The molecule has 2 heterocycles. The molecular formula is C26H34ClN3OS. The predicted molar refractivity (Wildman–Crippen MR) is 137 cm³/mol. The minimum Gasteiger partial charge on any atom is -0.494 e. The van der Waals surface area contributed by atoms with Crippen molar-refractivity contribution in [1.82, 2.24) is 14.6 Å². The van der Waals surface area contributed by atoms with Gasteiger partial charge < -0.3 is 14.6 Å². The minimum atomic E-state index is 0.789. The van der Waals surface area contributed by atoms with Crippen LogP contribution < -0.4 is 9.46 Å². The third-order valence-electron chi connectivity index (χ3n) is 6.33. The van der Waals surface area contributed by atoms with Gasteiger partial charge >= 0.3 is 0 Å². The minimum absolute atomic E-state index is 0.789. The predicted octanol–water partition coefficient (Wildman–Crippen LogP) is 6.55. The van der Waals surface area contributed by atoms with Crippen LogP contribution in [0, 0.1) is 5.92 Å². The van der Waals surface area contributed by atoms with Crippen LogP contribution in [0.1, 0.15) is 37.7 Å². The number of aryl methyl sites for hydroxylation is 1. The van der Waals surface area contributed by atoms with Crippen molar-refractivity contribution >= 4 is 34.5 Å². The highest BCUT2D eigenvalue weighted by molar-refractivity contribution is 7.97.